The Labute approximate surface area is 138 Å². The van der Waals surface area contributed by atoms with Gasteiger partial charge in [-0.25, -0.2) is 0 Å². The average Bonchev–Trinajstić information content (AvgIpc) is 2.78. The Hall–Kier alpha value is -0.400. The molecule has 30 N–H and O–H groups in total. The highest BCUT2D eigenvalue weighted by Gasteiger charge is -0.0703. The lowest BCUT2D eigenvalue weighted by Crippen LogP contribution is -0.482. The van der Waals surface area contributed by atoms with Gasteiger partial charge in [-0.2, -0.15) is 0 Å². The summed E-state index contributed by atoms with van der Waals surface area (Å²) in [5.74, 6) is 0. The molecule has 0 fully saturated rings. The Bertz CT molecular complexity index is 45.6. The fourth-order valence-corrected chi connectivity index (χ4v) is 0. The maximum atomic E-state index is 5.75. The van der Waals surface area contributed by atoms with E-state index in [1.165, 1.54) is 7.40 Å². The molecule has 10 heteroatoms. The van der Waals surface area contributed by atoms with Crippen molar-refractivity contribution in [3.63, 3.8) is 0 Å². The van der Waals surface area contributed by atoms with Crippen LogP contribution in [-0.4, -0.2) is 0 Å². The predicted octanol–water partition coefficient (Wildman–Crippen LogP) is 6.71. The second-order valence-corrected chi connectivity index (χ2v) is 0. The molecule has 0 aromatic heterocycles. The minimum atomic E-state index is 0. The topological polar surface area (TPSA) is 350 Å². The van der Waals surface area contributed by atoms with Gasteiger partial charge in [0.05, 0.1) is 0 Å². The Morgan fingerprint density at radius 2 is 0.389 bits per heavy atom. The van der Waals surface area contributed by atoms with Gasteiger partial charge in [0.2, 0.25) is 0 Å². The van der Waals surface area contributed by atoms with Crippen molar-refractivity contribution in [2.75, 3.05) is 0 Å². The van der Waals surface area contributed by atoms with Crippen LogP contribution in [-0.2, 0) is 0 Å². The highest BCUT2D eigenvalue weighted by Crippen LogP contribution is 0.151. The zero-order valence-corrected chi connectivity index (χ0v) is 6.77. The third-order valence-corrected chi connectivity index (χ3v) is 0. The zero-order valence-electron chi connectivity index (χ0n) is 17.8. The van der Waals surface area contributed by atoms with Crippen LogP contribution < -0.4 is 61.4 Å². The first-order chi connectivity index (χ1) is 11.0. The summed E-state index contributed by atoms with van der Waals surface area (Å²) in [5.41, 5.74) is 0. The Morgan fingerprint density at radius 3 is 0.389 bits per heavy atom. The van der Waals surface area contributed by atoms with Crippen molar-refractivity contribution >= 4 is 0 Å². The van der Waals surface area contributed by atoms with Crippen LogP contribution in [0, 0.1) is 0 Å². The van der Waals surface area contributed by atoms with Crippen LogP contribution in [0.25, 0.3) is 0 Å². The van der Waals surface area contributed by atoms with Gasteiger partial charge < -0.3 is 61.4 Å². The van der Waals surface area contributed by atoms with Crippen LogP contribution >= 0.6 is 0 Å². The molecule has 0 spiro atoms. The van der Waals surface area contributed by atoms with Gasteiger partial charge in [-0.15, -0.1) is 0 Å². The molecule has 0 bridgehead atoms. The molecule has 0 radical (unpaired) electrons. The largest absolute Gasteiger partial charge is 0.344 e. The van der Waals surface area contributed by atoms with Gasteiger partial charge in [-0.05, 0) is 0 Å². The van der Waals surface area contributed by atoms with E-state index in [1.807, 2.05) is 0 Å². The summed E-state index contributed by atoms with van der Waals surface area (Å²) < 4.78 is 58.2. The second-order valence-electron chi connectivity index (χ2n) is 0. The summed E-state index contributed by atoms with van der Waals surface area (Å²) in [5, 5.41) is 0. The molecule has 144 valence electrons. The van der Waals surface area contributed by atoms with Gasteiger partial charge in [0.1, 0.15) is 14.1 Å². The normalized spacial score (nSPS) is 4.28. The maximum Gasteiger partial charge on any atom is 0.115 e. The third-order valence-electron chi connectivity index (χ3n) is 0. The average molecular weight is 313 g/mol. The monoisotopic (exact) mass is 313 g/mol. The Morgan fingerprint density at radius 1 is 0.389 bits per heavy atom. The zero-order chi connectivity index (χ0) is 22.0. The van der Waals surface area contributed by atoms with E-state index < -0.39 is 0 Å². The molecule has 0 aliphatic carbocycles. The lowest BCUT2D eigenvalue weighted by Gasteiger charge is -0.345. The molecule has 0 heterocycles. The summed E-state index contributed by atoms with van der Waals surface area (Å²) in [6, 6.07) is 0. The third kappa shape index (κ3) is 20800. The van der Waals surface area contributed by atoms with Gasteiger partial charge >= 0.3 is 0 Å². The van der Waals surface area contributed by atoms with E-state index in [0.717, 1.165) is 0 Å². The molecule has 0 aliphatic heterocycles. The van der Waals surface area contributed by atoms with Gasteiger partial charge in [0, 0.05) is 1.37 Å². The fraction of sp³-hybridized carbons (Fsp3) is 1.00. The first kappa shape index (κ1) is 43.2. The van der Waals surface area contributed by atoms with Crippen LogP contribution in [0.4, 0.5) is 0 Å². The van der Waals surface area contributed by atoms with Gasteiger partial charge in [0.15, 0.2) is 0 Å². The summed E-state index contributed by atoms with van der Waals surface area (Å²) in [6.45, 7) is 0. The summed E-state index contributed by atoms with van der Waals surface area (Å²) >= 11 is 0. The predicted molar refractivity (Wildman–Crippen MR) is 104 cm³/mol. The molecule has 0 atom stereocenters. The molecule has 18 heavy (non-hydrogen) atoms. The van der Waals surface area contributed by atoms with Crippen LogP contribution in [0.1, 0.15) is 60.8 Å². The first-order valence-corrected chi connectivity index (χ1v) is 0. The molecule has 10 nitrogen and oxygen atoms in total. The van der Waals surface area contributed by atoms with Crippen molar-refractivity contribution in [2.24, 2.45) is 0 Å². The smallest absolute Gasteiger partial charge is 0.115 e. The van der Waals surface area contributed by atoms with Gasteiger partial charge in [-0.3, -0.25) is 0 Å². The van der Waals surface area contributed by atoms with Crippen molar-refractivity contribution in [1.82, 2.24) is 61.4 Å². The van der Waals surface area contributed by atoms with Crippen LogP contribution in [0.15, 0.2) is 0 Å². The number of hydrogen-bond donors (Lipinski definition) is 10. The minimum Gasteiger partial charge on any atom is -0.344 e. The quantitative estimate of drug-likeness (QED) is 0.225. The van der Waals surface area contributed by atoms with Crippen molar-refractivity contribution in [3.05, 3.63) is 0 Å². The molecule has 0 saturated carbocycles. The Balaban J connectivity index is -0.00000000280. The van der Waals surface area contributed by atoms with Crippen molar-refractivity contribution < 1.29 is 15.5 Å². The van der Waals surface area contributed by atoms with Crippen molar-refractivity contribution in [3.8, 4) is 0 Å². The van der Waals surface area contributed by atoms with Gasteiger partial charge in [-0.1, -0.05) is 59.4 Å². The fourth-order valence-electron chi connectivity index (χ4n) is 0. The number of hydrogen-bond acceptors (Lipinski definition) is 10. The van der Waals surface area contributed by atoms with E-state index in [9.17, 15) is 0 Å². The molecule has 0 aliphatic rings. The lowest BCUT2D eigenvalue weighted by molar-refractivity contribution is 2.13. The highest BCUT2D eigenvalue weighted by atomic mass is 14.0. The standard InChI is InChI=1S/8CH4.10H3N/h8*1H4;10*1H3/i1T;;;;;;;;;;;;;;;;;/hT2D8. The molecule has 0 unspecified atom stereocenters. The first-order valence-electron chi connectivity index (χ1n) is 6.77. The molecule has 0 aromatic rings. The molecular weight excluding hydrogens is 236 g/mol. The van der Waals surface area contributed by atoms with E-state index in [4.69, 9.17) is 15.5 Å². The van der Waals surface area contributed by atoms with Crippen LogP contribution in [0.2, 0.25) is 14.1 Å². The summed E-state index contributed by atoms with van der Waals surface area (Å²) in [7, 11) is 1.25. The maximum absolute atomic E-state index is 5.75. The Kier molecular flexibility index (Phi) is 60500. The van der Waals surface area contributed by atoms with Crippen LogP contribution in [0.3, 0.4) is 0 Å². The van der Waals surface area contributed by atoms with Gasteiger partial charge in [0.25, 0.3) is 0 Å². The van der Waals surface area contributed by atoms with E-state index >= 15 is 0 Å². The highest BCUT2D eigenvalue weighted by molar-refractivity contribution is 2.51. The number of rotatable bonds is 0. The summed E-state index contributed by atoms with van der Waals surface area (Å²) in [6.07, 6.45) is 37.5. The van der Waals surface area contributed by atoms with Crippen LogP contribution in [0.5, 0.6) is 0 Å². The van der Waals surface area contributed by atoms with Crippen molar-refractivity contribution in [2.45, 2.75) is 59.4 Å². The molecular formula is C8H62N10. The molecule has 0 saturated heterocycles. The molecule has 0 amide bonds. The SMILES string of the molecule is C.C.C.C.C.C.C.[2H]N.[2H]N.[2H]N.[2H]N.[2H]N.[2H]N.[2H]N.[2H]N.[3H]C.[3H]N.[3H]N. The van der Waals surface area contributed by atoms with E-state index in [1.54, 1.807) is 0 Å². The van der Waals surface area contributed by atoms with E-state index in [-0.39, 0.29) is 52.0 Å². The van der Waals surface area contributed by atoms with E-state index in [2.05, 4.69) is 61.4 Å². The van der Waals surface area contributed by atoms with E-state index in [0.29, 0.717) is 0 Å². The van der Waals surface area contributed by atoms with Crippen molar-refractivity contribution in [1.29, 1.82) is 0 Å². The molecule has 0 aromatic carbocycles. The lowest BCUT2D eigenvalue weighted by atomic mass is 12.0. The molecule has 0 rings (SSSR count). The second kappa shape index (κ2) is 25200. The summed E-state index contributed by atoms with van der Waals surface area (Å²) in [4.78, 5) is 0. The minimum absolute atomic E-state index is 0.